The number of nitrogens with zero attached hydrogens (tertiary/aromatic N) is 4. The minimum atomic E-state index is 0.687. The minimum absolute atomic E-state index is 0.687. The van der Waals surface area contributed by atoms with Crippen LogP contribution in [-0.2, 0) is 6.54 Å². The van der Waals surface area contributed by atoms with Gasteiger partial charge in [-0.25, -0.2) is 4.98 Å². The Morgan fingerprint density at radius 3 is 2.82 bits per heavy atom. The molecule has 3 N–H and O–H groups in total. The van der Waals surface area contributed by atoms with Gasteiger partial charge in [0.15, 0.2) is 5.65 Å². The number of hydrogen-bond donors (Lipinski definition) is 3. The van der Waals surface area contributed by atoms with Gasteiger partial charge in [0.2, 0.25) is 0 Å². The lowest BCUT2D eigenvalue weighted by molar-refractivity contribution is 0.724. The van der Waals surface area contributed by atoms with Gasteiger partial charge in [-0.15, -0.1) is 0 Å². The Morgan fingerprint density at radius 2 is 1.93 bits per heavy atom. The van der Waals surface area contributed by atoms with Crippen molar-refractivity contribution in [1.82, 2.24) is 35.5 Å². The van der Waals surface area contributed by atoms with Crippen molar-refractivity contribution in [3.05, 3.63) is 60.8 Å². The van der Waals surface area contributed by atoms with Crippen LogP contribution in [0.3, 0.4) is 0 Å². The lowest BCUT2D eigenvalue weighted by Gasteiger charge is -2.05. The van der Waals surface area contributed by atoms with Crippen LogP contribution >= 0.6 is 0 Å². The number of hydrogen-bond acceptors (Lipinski definition) is 5. The van der Waals surface area contributed by atoms with E-state index in [9.17, 15) is 0 Å². The molecule has 5 rings (SSSR count). The van der Waals surface area contributed by atoms with E-state index in [0.29, 0.717) is 5.65 Å². The molecule has 5 heterocycles. The molecule has 0 spiro atoms. The fraction of sp³-hybridized carbons (Fsp3) is 0.143. The fourth-order valence-corrected chi connectivity index (χ4v) is 3.38. The molecule has 7 nitrogen and oxygen atoms in total. The van der Waals surface area contributed by atoms with Gasteiger partial charge in [-0.3, -0.25) is 15.1 Å². The topological polar surface area (TPSA) is 95.2 Å². The Labute approximate surface area is 161 Å². The molecule has 0 saturated heterocycles. The van der Waals surface area contributed by atoms with Crippen LogP contribution < -0.4 is 5.32 Å². The Balaban J connectivity index is 1.58. The Morgan fingerprint density at radius 1 is 1.00 bits per heavy atom. The molecule has 7 heteroatoms. The predicted octanol–water partition coefficient (Wildman–Crippen LogP) is 3.67. The average molecular weight is 369 g/mol. The zero-order chi connectivity index (χ0) is 18.9. The Kier molecular flexibility index (Phi) is 4.06. The lowest BCUT2D eigenvalue weighted by atomic mass is 10.1. The van der Waals surface area contributed by atoms with Gasteiger partial charge < -0.3 is 10.3 Å². The molecule has 0 bridgehead atoms. The van der Waals surface area contributed by atoms with Gasteiger partial charge in [-0.2, -0.15) is 5.10 Å². The number of fused-ring (bicyclic) bond motifs is 2. The van der Waals surface area contributed by atoms with Crippen LogP contribution in [0.2, 0.25) is 0 Å². The maximum Gasteiger partial charge on any atom is 0.181 e. The molecule has 5 aromatic heterocycles. The molecular formula is C21H19N7. The standard InChI is InChI=1S/C21H19N7/c1-2-22-8-13-5-15(10-24-9-13)16-6-17-20(27-28-21(17)25-11-16)18-7-14-3-4-23-12-19(14)26-18/h3-7,9-12,22,26H,2,8H2,1H3,(H,25,27,28). The summed E-state index contributed by atoms with van der Waals surface area (Å²) in [6.45, 7) is 3.82. The summed E-state index contributed by atoms with van der Waals surface area (Å²) in [7, 11) is 0. The van der Waals surface area contributed by atoms with Gasteiger partial charge in [-0.05, 0) is 36.4 Å². The van der Waals surface area contributed by atoms with Crippen LogP contribution in [0.5, 0.6) is 0 Å². The van der Waals surface area contributed by atoms with Gasteiger partial charge in [0.1, 0.15) is 0 Å². The highest BCUT2D eigenvalue weighted by molar-refractivity contribution is 5.95. The monoisotopic (exact) mass is 369 g/mol. The van der Waals surface area contributed by atoms with E-state index in [0.717, 1.165) is 57.5 Å². The molecule has 0 fully saturated rings. The van der Waals surface area contributed by atoms with Crippen molar-refractivity contribution in [3.63, 3.8) is 0 Å². The second-order valence-corrected chi connectivity index (χ2v) is 6.70. The summed E-state index contributed by atoms with van der Waals surface area (Å²) in [5.74, 6) is 0. The zero-order valence-corrected chi connectivity index (χ0v) is 15.4. The molecule has 0 aliphatic heterocycles. The number of aromatic nitrogens is 6. The van der Waals surface area contributed by atoms with Crippen LogP contribution in [0.1, 0.15) is 12.5 Å². The summed E-state index contributed by atoms with van der Waals surface area (Å²) in [6.07, 6.45) is 9.21. The van der Waals surface area contributed by atoms with Crippen LogP contribution in [0.25, 0.3) is 44.5 Å². The van der Waals surface area contributed by atoms with E-state index < -0.39 is 0 Å². The van der Waals surface area contributed by atoms with Crippen LogP contribution in [0.15, 0.2) is 55.2 Å². The number of aromatic amines is 2. The first-order chi connectivity index (χ1) is 13.8. The third kappa shape index (κ3) is 2.91. The fourth-order valence-electron chi connectivity index (χ4n) is 3.38. The third-order valence-electron chi connectivity index (χ3n) is 4.81. The summed E-state index contributed by atoms with van der Waals surface area (Å²) in [5, 5.41) is 12.9. The van der Waals surface area contributed by atoms with Crippen molar-refractivity contribution in [2.75, 3.05) is 6.54 Å². The molecule has 0 atom stereocenters. The maximum absolute atomic E-state index is 4.54. The lowest BCUT2D eigenvalue weighted by Crippen LogP contribution is -2.11. The van der Waals surface area contributed by atoms with Crippen LogP contribution in [-0.4, -0.2) is 36.7 Å². The third-order valence-corrected chi connectivity index (χ3v) is 4.81. The van der Waals surface area contributed by atoms with E-state index in [4.69, 9.17) is 0 Å². The average Bonchev–Trinajstić information content (AvgIpc) is 3.35. The number of H-pyrrole nitrogens is 2. The summed E-state index contributed by atoms with van der Waals surface area (Å²) in [4.78, 5) is 16.5. The molecule has 0 aromatic carbocycles. The summed E-state index contributed by atoms with van der Waals surface area (Å²) < 4.78 is 0. The molecule has 0 saturated carbocycles. The quantitative estimate of drug-likeness (QED) is 0.439. The van der Waals surface area contributed by atoms with E-state index >= 15 is 0 Å². The van der Waals surface area contributed by atoms with E-state index in [-0.39, 0.29) is 0 Å². The van der Waals surface area contributed by atoms with Crippen molar-refractivity contribution in [2.24, 2.45) is 0 Å². The number of rotatable bonds is 5. The van der Waals surface area contributed by atoms with Gasteiger partial charge in [0, 0.05) is 53.2 Å². The first-order valence-corrected chi connectivity index (χ1v) is 9.24. The van der Waals surface area contributed by atoms with Gasteiger partial charge in [0.05, 0.1) is 23.1 Å². The molecule has 0 unspecified atom stereocenters. The zero-order valence-electron chi connectivity index (χ0n) is 15.4. The van der Waals surface area contributed by atoms with Crippen LogP contribution in [0, 0.1) is 0 Å². The van der Waals surface area contributed by atoms with Crippen LogP contribution in [0.4, 0.5) is 0 Å². The largest absolute Gasteiger partial charge is 0.352 e. The SMILES string of the molecule is CCNCc1cncc(-c2cnc3n[nH]c(-c4cc5ccncc5[nH]4)c3c2)c1. The highest BCUT2D eigenvalue weighted by Crippen LogP contribution is 2.30. The van der Waals surface area contributed by atoms with Gasteiger partial charge >= 0.3 is 0 Å². The van der Waals surface area contributed by atoms with Crippen molar-refractivity contribution < 1.29 is 0 Å². The summed E-state index contributed by atoms with van der Waals surface area (Å²) >= 11 is 0. The predicted molar refractivity (Wildman–Crippen MR) is 110 cm³/mol. The number of pyridine rings is 3. The second kappa shape index (κ2) is 6.86. The summed E-state index contributed by atoms with van der Waals surface area (Å²) in [5.41, 5.74) is 6.75. The highest BCUT2D eigenvalue weighted by atomic mass is 15.2. The molecule has 0 aliphatic rings. The van der Waals surface area contributed by atoms with Gasteiger partial charge in [0.25, 0.3) is 0 Å². The van der Waals surface area contributed by atoms with E-state index in [1.54, 1.807) is 6.20 Å². The highest BCUT2D eigenvalue weighted by Gasteiger charge is 2.13. The Hall–Kier alpha value is -3.58. The molecule has 138 valence electrons. The molecule has 5 aromatic rings. The normalized spacial score (nSPS) is 11.5. The molecule has 0 amide bonds. The smallest absolute Gasteiger partial charge is 0.181 e. The molecule has 28 heavy (non-hydrogen) atoms. The second-order valence-electron chi connectivity index (χ2n) is 6.70. The Bertz CT molecular complexity index is 1240. The maximum atomic E-state index is 4.54. The first kappa shape index (κ1) is 16.6. The number of nitrogens with one attached hydrogen (secondary N) is 3. The molecular weight excluding hydrogens is 350 g/mol. The van der Waals surface area contributed by atoms with E-state index in [1.165, 1.54) is 0 Å². The van der Waals surface area contributed by atoms with Crippen molar-refractivity contribution in [3.8, 4) is 22.5 Å². The first-order valence-electron chi connectivity index (χ1n) is 9.24. The molecule has 0 aliphatic carbocycles. The van der Waals surface area contributed by atoms with E-state index in [2.05, 4.69) is 60.6 Å². The van der Waals surface area contributed by atoms with Crippen molar-refractivity contribution in [2.45, 2.75) is 13.5 Å². The van der Waals surface area contributed by atoms with E-state index in [1.807, 2.05) is 30.9 Å². The molecule has 0 radical (unpaired) electrons. The van der Waals surface area contributed by atoms with Crippen molar-refractivity contribution in [1.29, 1.82) is 0 Å². The minimum Gasteiger partial charge on any atom is -0.352 e. The van der Waals surface area contributed by atoms with Gasteiger partial charge in [-0.1, -0.05) is 6.92 Å². The summed E-state index contributed by atoms with van der Waals surface area (Å²) in [6, 6.07) is 8.33. The van der Waals surface area contributed by atoms with Crippen molar-refractivity contribution >= 4 is 21.9 Å².